The van der Waals surface area contributed by atoms with E-state index in [0.717, 1.165) is 0 Å². The maximum absolute atomic E-state index is 11.6. The van der Waals surface area contributed by atoms with Crippen LogP contribution in [-0.2, 0) is 0 Å². The van der Waals surface area contributed by atoms with Gasteiger partial charge in [-0.3, -0.25) is 0 Å². The van der Waals surface area contributed by atoms with E-state index >= 15 is 0 Å². The predicted molar refractivity (Wildman–Crippen MR) is 77.2 cm³/mol. The van der Waals surface area contributed by atoms with Crippen molar-refractivity contribution in [1.82, 2.24) is 5.32 Å². The smallest absolute Gasteiger partial charge is 0.319 e. The molecule has 106 valence electrons. The maximum Gasteiger partial charge on any atom is 0.319 e. The molecule has 0 saturated heterocycles. The highest BCUT2D eigenvalue weighted by Gasteiger charge is 2.12. The van der Waals surface area contributed by atoms with Gasteiger partial charge in [0.2, 0.25) is 0 Å². The Bertz CT molecular complexity index is 587. The van der Waals surface area contributed by atoms with Crippen molar-refractivity contribution in [3.63, 3.8) is 0 Å². The molecule has 0 spiro atoms. The number of benzene rings is 1. The molecule has 2 aromatic rings. The first-order chi connectivity index (χ1) is 9.56. The number of hydrogen-bond acceptors (Lipinski definition) is 3. The van der Waals surface area contributed by atoms with Crippen LogP contribution in [0.25, 0.3) is 0 Å². The molecular weight excluding hydrogens is 303 g/mol. The van der Waals surface area contributed by atoms with Crippen molar-refractivity contribution in [2.24, 2.45) is 0 Å². The van der Waals surface area contributed by atoms with Gasteiger partial charge in [-0.15, -0.1) is 0 Å². The average molecular weight is 315 g/mol. The van der Waals surface area contributed by atoms with Gasteiger partial charge < -0.3 is 20.2 Å². The lowest BCUT2D eigenvalue weighted by Crippen LogP contribution is -2.32. The molecule has 1 aromatic heterocycles. The number of halogens is 2. The number of rotatable bonds is 4. The zero-order chi connectivity index (χ0) is 14.5. The van der Waals surface area contributed by atoms with Crippen molar-refractivity contribution >= 4 is 34.9 Å². The number of anilines is 1. The van der Waals surface area contributed by atoms with Crippen molar-refractivity contribution in [2.75, 3.05) is 11.9 Å². The molecule has 1 heterocycles. The van der Waals surface area contributed by atoms with E-state index in [1.807, 2.05) is 0 Å². The Morgan fingerprint density at radius 2 is 2.10 bits per heavy atom. The van der Waals surface area contributed by atoms with Crippen molar-refractivity contribution in [2.45, 2.75) is 6.10 Å². The standard InChI is InChI=1S/C13H12Cl2N2O3/c14-9-4-3-8(6-10(9)15)17-13(19)16-7-11(18)12-2-1-5-20-12/h1-6,11,18H,7H2,(H2,16,17,19). The average Bonchev–Trinajstić information content (AvgIpc) is 2.94. The topological polar surface area (TPSA) is 74.5 Å². The van der Waals surface area contributed by atoms with E-state index in [4.69, 9.17) is 27.6 Å². The Labute approximate surface area is 125 Å². The number of furan rings is 1. The molecule has 3 N–H and O–H groups in total. The van der Waals surface area contributed by atoms with Gasteiger partial charge in [-0.05, 0) is 30.3 Å². The summed E-state index contributed by atoms with van der Waals surface area (Å²) in [6.07, 6.45) is 0.554. The van der Waals surface area contributed by atoms with Crippen LogP contribution in [0.15, 0.2) is 41.0 Å². The molecule has 0 radical (unpaired) electrons. The highest BCUT2D eigenvalue weighted by Crippen LogP contribution is 2.24. The highest BCUT2D eigenvalue weighted by atomic mass is 35.5. The summed E-state index contributed by atoms with van der Waals surface area (Å²) in [4.78, 5) is 11.6. The Morgan fingerprint density at radius 3 is 2.75 bits per heavy atom. The van der Waals surface area contributed by atoms with E-state index in [0.29, 0.717) is 21.5 Å². The van der Waals surface area contributed by atoms with Crippen LogP contribution in [-0.4, -0.2) is 17.7 Å². The van der Waals surface area contributed by atoms with Crippen molar-refractivity contribution in [3.05, 3.63) is 52.4 Å². The molecule has 0 aliphatic rings. The van der Waals surface area contributed by atoms with Crippen LogP contribution in [0.3, 0.4) is 0 Å². The minimum absolute atomic E-state index is 0.0284. The van der Waals surface area contributed by atoms with E-state index in [9.17, 15) is 9.90 Å². The molecule has 0 bridgehead atoms. The Balaban J connectivity index is 1.85. The van der Waals surface area contributed by atoms with Crippen LogP contribution < -0.4 is 10.6 Å². The molecule has 7 heteroatoms. The first kappa shape index (κ1) is 14.7. The molecule has 5 nitrogen and oxygen atoms in total. The Morgan fingerprint density at radius 1 is 1.30 bits per heavy atom. The van der Waals surface area contributed by atoms with Gasteiger partial charge in [-0.2, -0.15) is 0 Å². The molecule has 0 aliphatic carbocycles. The molecule has 1 aromatic carbocycles. The Kier molecular flexibility index (Phi) is 4.89. The SMILES string of the molecule is O=C(NCC(O)c1ccco1)Nc1ccc(Cl)c(Cl)c1. The summed E-state index contributed by atoms with van der Waals surface area (Å²) in [5.74, 6) is 0.389. The van der Waals surface area contributed by atoms with Crippen molar-refractivity contribution in [1.29, 1.82) is 0 Å². The van der Waals surface area contributed by atoms with Crippen LogP contribution in [0.2, 0.25) is 10.0 Å². The lowest BCUT2D eigenvalue weighted by Gasteiger charge is -2.11. The summed E-state index contributed by atoms with van der Waals surface area (Å²) in [6.45, 7) is 0.0284. The lowest BCUT2D eigenvalue weighted by atomic mass is 10.3. The Hall–Kier alpha value is -1.69. The van der Waals surface area contributed by atoms with Gasteiger partial charge in [0, 0.05) is 5.69 Å². The van der Waals surface area contributed by atoms with Crippen LogP contribution in [0.1, 0.15) is 11.9 Å². The molecule has 2 amide bonds. The summed E-state index contributed by atoms with van der Waals surface area (Å²) in [7, 11) is 0. The second-order valence-corrected chi connectivity index (χ2v) is 4.81. The fraction of sp³-hybridized carbons (Fsp3) is 0.154. The third kappa shape index (κ3) is 3.90. The number of hydrogen-bond donors (Lipinski definition) is 3. The van der Waals surface area contributed by atoms with Gasteiger partial charge in [0.25, 0.3) is 0 Å². The quantitative estimate of drug-likeness (QED) is 0.809. The molecule has 0 aliphatic heterocycles. The normalized spacial score (nSPS) is 11.9. The minimum atomic E-state index is -0.899. The minimum Gasteiger partial charge on any atom is -0.467 e. The number of aliphatic hydroxyl groups excluding tert-OH is 1. The predicted octanol–water partition coefficient (Wildman–Crippen LogP) is 3.44. The molecule has 2 rings (SSSR count). The number of nitrogens with one attached hydrogen (secondary N) is 2. The van der Waals surface area contributed by atoms with Gasteiger partial charge in [-0.25, -0.2) is 4.79 Å². The molecule has 1 atom stereocenters. The summed E-state index contributed by atoms with van der Waals surface area (Å²) in [6, 6.07) is 7.56. The van der Waals surface area contributed by atoms with Gasteiger partial charge in [0.05, 0.1) is 22.9 Å². The van der Waals surface area contributed by atoms with Gasteiger partial charge in [0.15, 0.2) is 0 Å². The largest absolute Gasteiger partial charge is 0.467 e. The summed E-state index contributed by atoms with van der Waals surface area (Å²) >= 11 is 11.6. The fourth-order valence-electron chi connectivity index (χ4n) is 1.52. The molecule has 20 heavy (non-hydrogen) atoms. The third-order valence-corrected chi connectivity index (χ3v) is 3.24. The van der Waals surface area contributed by atoms with E-state index in [-0.39, 0.29) is 6.54 Å². The van der Waals surface area contributed by atoms with Gasteiger partial charge in [0.1, 0.15) is 11.9 Å². The van der Waals surface area contributed by atoms with Gasteiger partial charge >= 0.3 is 6.03 Å². The fourth-order valence-corrected chi connectivity index (χ4v) is 1.82. The van der Waals surface area contributed by atoms with Crippen LogP contribution in [0.4, 0.5) is 10.5 Å². The number of amides is 2. The summed E-state index contributed by atoms with van der Waals surface area (Å²) in [5.41, 5.74) is 0.504. The number of aliphatic hydroxyl groups is 1. The second-order valence-electron chi connectivity index (χ2n) is 4.00. The molecule has 0 fully saturated rings. The first-order valence-electron chi connectivity index (χ1n) is 5.77. The summed E-state index contributed by atoms with van der Waals surface area (Å²) in [5, 5.41) is 15.6. The maximum atomic E-state index is 11.6. The van der Waals surface area contributed by atoms with E-state index in [1.54, 1.807) is 24.3 Å². The van der Waals surface area contributed by atoms with E-state index in [1.165, 1.54) is 12.3 Å². The number of carbonyl (C=O) groups is 1. The zero-order valence-electron chi connectivity index (χ0n) is 10.3. The monoisotopic (exact) mass is 314 g/mol. The lowest BCUT2D eigenvalue weighted by molar-refractivity contribution is 0.149. The first-order valence-corrected chi connectivity index (χ1v) is 6.53. The zero-order valence-corrected chi connectivity index (χ0v) is 11.8. The number of urea groups is 1. The van der Waals surface area contributed by atoms with E-state index < -0.39 is 12.1 Å². The van der Waals surface area contributed by atoms with Crippen LogP contribution >= 0.6 is 23.2 Å². The third-order valence-electron chi connectivity index (χ3n) is 2.51. The second kappa shape index (κ2) is 6.65. The number of carbonyl (C=O) groups excluding carboxylic acids is 1. The van der Waals surface area contributed by atoms with Crippen LogP contribution in [0, 0.1) is 0 Å². The van der Waals surface area contributed by atoms with Crippen molar-refractivity contribution in [3.8, 4) is 0 Å². The van der Waals surface area contributed by atoms with E-state index in [2.05, 4.69) is 10.6 Å². The molecule has 1 unspecified atom stereocenters. The van der Waals surface area contributed by atoms with Gasteiger partial charge in [-0.1, -0.05) is 23.2 Å². The van der Waals surface area contributed by atoms with Crippen molar-refractivity contribution < 1.29 is 14.3 Å². The molecule has 0 saturated carbocycles. The molecular formula is C13H12Cl2N2O3. The highest BCUT2D eigenvalue weighted by molar-refractivity contribution is 6.42. The van der Waals surface area contributed by atoms with Crippen LogP contribution in [0.5, 0.6) is 0 Å². The summed E-state index contributed by atoms with van der Waals surface area (Å²) < 4.78 is 5.02.